The molecule has 1 aromatic heterocycles. The van der Waals surface area contributed by atoms with Gasteiger partial charge in [-0.05, 0) is 42.7 Å². The first-order valence-electron chi connectivity index (χ1n) is 8.50. The van der Waals surface area contributed by atoms with Crippen LogP contribution in [-0.4, -0.2) is 34.9 Å². The summed E-state index contributed by atoms with van der Waals surface area (Å²) in [6.45, 7) is 1.69. The zero-order chi connectivity index (χ0) is 17.5. The van der Waals surface area contributed by atoms with E-state index in [1.54, 1.807) is 17.3 Å². The van der Waals surface area contributed by atoms with Gasteiger partial charge in [-0.1, -0.05) is 18.2 Å². The second-order valence-electron chi connectivity index (χ2n) is 6.13. The molecule has 0 radical (unpaired) electrons. The fraction of sp³-hybridized carbons (Fsp3) is 0.316. The zero-order valence-corrected chi connectivity index (χ0v) is 14.0. The molecule has 0 unspecified atom stereocenters. The summed E-state index contributed by atoms with van der Waals surface area (Å²) in [5, 5.41) is 5.85. The lowest BCUT2D eigenvalue weighted by Gasteiger charge is -2.31. The maximum Gasteiger partial charge on any atom is 0.321 e. The molecule has 2 heterocycles. The van der Waals surface area contributed by atoms with Crippen LogP contribution in [0.1, 0.15) is 18.4 Å². The SMILES string of the molecule is O=C(NCc1ccncc1)C1CCN(C(=O)Nc2ccccc2)CC1. The maximum absolute atomic E-state index is 12.3. The molecular weight excluding hydrogens is 316 g/mol. The number of likely N-dealkylation sites (tertiary alicyclic amines) is 1. The summed E-state index contributed by atoms with van der Waals surface area (Å²) in [6, 6.07) is 13.1. The van der Waals surface area contributed by atoms with Crippen LogP contribution < -0.4 is 10.6 Å². The molecule has 1 fully saturated rings. The van der Waals surface area contributed by atoms with Crippen LogP contribution in [-0.2, 0) is 11.3 Å². The Kier molecular flexibility index (Phi) is 5.61. The van der Waals surface area contributed by atoms with Gasteiger partial charge in [-0.2, -0.15) is 0 Å². The van der Waals surface area contributed by atoms with Crippen LogP contribution in [0.2, 0.25) is 0 Å². The van der Waals surface area contributed by atoms with Crippen molar-refractivity contribution in [3.8, 4) is 0 Å². The molecule has 1 saturated heterocycles. The number of piperidine rings is 1. The highest BCUT2D eigenvalue weighted by atomic mass is 16.2. The maximum atomic E-state index is 12.3. The third kappa shape index (κ3) is 4.79. The molecule has 0 aliphatic carbocycles. The molecule has 1 aliphatic rings. The lowest BCUT2D eigenvalue weighted by Crippen LogP contribution is -2.44. The molecule has 0 saturated carbocycles. The minimum atomic E-state index is -0.109. The highest BCUT2D eigenvalue weighted by molar-refractivity contribution is 5.89. The number of para-hydroxylation sites is 1. The van der Waals surface area contributed by atoms with E-state index in [0.717, 1.165) is 11.3 Å². The number of amides is 3. The fourth-order valence-corrected chi connectivity index (χ4v) is 2.90. The van der Waals surface area contributed by atoms with E-state index < -0.39 is 0 Å². The summed E-state index contributed by atoms with van der Waals surface area (Å²) >= 11 is 0. The number of hydrogen-bond acceptors (Lipinski definition) is 3. The first-order valence-corrected chi connectivity index (χ1v) is 8.50. The van der Waals surface area contributed by atoms with Gasteiger partial charge in [0.1, 0.15) is 0 Å². The Morgan fingerprint density at radius 1 is 1.04 bits per heavy atom. The summed E-state index contributed by atoms with van der Waals surface area (Å²) in [6.07, 6.45) is 4.80. The van der Waals surface area contributed by atoms with Crippen LogP contribution in [0.25, 0.3) is 0 Å². The summed E-state index contributed by atoms with van der Waals surface area (Å²) in [7, 11) is 0. The van der Waals surface area contributed by atoms with Crippen molar-refractivity contribution in [1.29, 1.82) is 0 Å². The van der Waals surface area contributed by atoms with Crippen molar-refractivity contribution >= 4 is 17.6 Å². The number of anilines is 1. The van der Waals surface area contributed by atoms with Crippen molar-refractivity contribution in [2.24, 2.45) is 5.92 Å². The lowest BCUT2D eigenvalue weighted by molar-refractivity contribution is -0.126. The highest BCUT2D eigenvalue weighted by Gasteiger charge is 2.27. The van der Waals surface area contributed by atoms with Gasteiger partial charge in [0.2, 0.25) is 5.91 Å². The predicted octanol–water partition coefficient (Wildman–Crippen LogP) is 2.64. The Bertz CT molecular complexity index is 698. The molecule has 6 nitrogen and oxygen atoms in total. The van der Waals surface area contributed by atoms with Crippen LogP contribution in [0.15, 0.2) is 54.9 Å². The Morgan fingerprint density at radius 3 is 2.40 bits per heavy atom. The summed E-state index contributed by atoms with van der Waals surface area (Å²) in [5.74, 6) is 0.0162. The third-order valence-electron chi connectivity index (χ3n) is 4.39. The summed E-state index contributed by atoms with van der Waals surface area (Å²) < 4.78 is 0. The Hall–Kier alpha value is -2.89. The van der Waals surface area contributed by atoms with Gasteiger partial charge in [0.15, 0.2) is 0 Å². The second kappa shape index (κ2) is 8.28. The molecule has 0 atom stereocenters. The quantitative estimate of drug-likeness (QED) is 0.900. The van der Waals surface area contributed by atoms with Gasteiger partial charge in [0.25, 0.3) is 0 Å². The van der Waals surface area contributed by atoms with E-state index in [2.05, 4.69) is 15.6 Å². The summed E-state index contributed by atoms with van der Waals surface area (Å²) in [5.41, 5.74) is 1.81. The van der Waals surface area contributed by atoms with E-state index in [-0.39, 0.29) is 17.9 Å². The van der Waals surface area contributed by atoms with E-state index in [9.17, 15) is 9.59 Å². The molecule has 3 rings (SSSR count). The first kappa shape index (κ1) is 17.0. The molecule has 2 N–H and O–H groups in total. The number of benzene rings is 1. The van der Waals surface area contributed by atoms with Crippen molar-refractivity contribution in [2.75, 3.05) is 18.4 Å². The fourth-order valence-electron chi connectivity index (χ4n) is 2.90. The normalized spacial score (nSPS) is 14.8. The van der Waals surface area contributed by atoms with E-state index in [0.29, 0.717) is 32.5 Å². The molecule has 2 aromatic rings. The number of nitrogens with zero attached hydrogens (tertiary/aromatic N) is 2. The van der Waals surface area contributed by atoms with Crippen molar-refractivity contribution < 1.29 is 9.59 Å². The molecule has 3 amide bonds. The summed E-state index contributed by atoms with van der Waals surface area (Å²) in [4.78, 5) is 30.3. The second-order valence-corrected chi connectivity index (χ2v) is 6.13. The van der Waals surface area contributed by atoms with E-state index in [1.807, 2.05) is 42.5 Å². The van der Waals surface area contributed by atoms with Crippen molar-refractivity contribution in [3.05, 3.63) is 60.4 Å². The number of hydrogen-bond donors (Lipinski definition) is 2. The van der Waals surface area contributed by atoms with Gasteiger partial charge in [0, 0.05) is 43.6 Å². The highest BCUT2D eigenvalue weighted by Crippen LogP contribution is 2.18. The Morgan fingerprint density at radius 2 is 1.72 bits per heavy atom. The first-order chi connectivity index (χ1) is 12.2. The standard InChI is InChI=1S/C19H22N4O2/c24-18(21-14-15-6-10-20-11-7-15)16-8-12-23(13-9-16)19(25)22-17-4-2-1-3-5-17/h1-7,10-11,16H,8-9,12-14H2,(H,21,24)(H,22,25). The van der Waals surface area contributed by atoms with Crippen molar-refractivity contribution in [2.45, 2.75) is 19.4 Å². The molecule has 1 aromatic carbocycles. The van der Waals surface area contributed by atoms with Gasteiger partial charge in [-0.3, -0.25) is 9.78 Å². The van der Waals surface area contributed by atoms with Crippen molar-refractivity contribution in [3.63, 3.8) is 0 Å². The number of urea groups is 1. The molecule has 6 heteroatoms. The largest absolute Gasteiger partial charge is 0.352 e. The number of pyridine rings is 1. The van der Waals surface area contributed by atoms with Crippen LogP contribution in [0.5, 0.6) is 0 Å². The Balaban J connectivity index is 1.43. The van der Waals surface area contributed by atoms with Crippen molar-refractivity contribution in [1.82, 2.24) is 15.2 Å². The van der Waals surface area contributed by atoms with Crippen LogP contribution in [0, 0.1) is 5.92 Å². The minimum Gasteiger partial charge on any atom is -0.352 e. The van der Waals surface area contributed by atoms with Gasteiger partial charge in [-0.15, -0.1) is 0 Å². The number of aromatic nitrogens is 1. The lowest BCUT2D eigenvalue weighted by atomic mass is 9.96. The topological polar surface area (TPSA) is 74.3 Å². The molecular formula is C19H22N4O2. The smallest absolute Gasteiger partial charge is 0.321 e. The minimum absolute atomic E-state index is 0.0392. The predicted molar refractivity (Wildman–Crippen MR) is 95.8 cm³/mol. The molecule has 130 valence electrons. The number of rotatable bonds is 4. The average Bonchev–Trinajstić information content (AvgIpc) is 2.68. The van der Waals surface area contributed by atoms with E-state index >= 15 is 0 Å². The number of carbonyl (C=O) groups is 2. The third-order valence-corrected chi connectivity index (χ3v) is 4.39. The zero-order valence-electron chi connectivity index (χ0n) is 14.0. The molecule has 1 aliphatic heterocycles. The number of carbonyl (C=O) groups excluding carboxylic acids is 2. The van der Waals surface area contributed by atoms with Gasteiger partial charge >= 0.3 is 6.03 Å². The molecule has 0 spiro atoms. The van der Waals surface area contributed by atoms with Crippen LogP contribution >= 0.6 is 0 Å². The Labute approximate surface area is 147 Å². The van der Waals surface area contributed by atoms with E-state index in [4.69, 9.17) is 0 Å². The monoisotopic (exact) mass is 338 g/mol. The average molecular weight is 338 g/mol. The van der Waals surface area contributed by atoms with E-state index in [1.165, 1.54) is 0 Å². The van der Waals surface area contributed by atoms with Gasteiger partial charge < -0.3 is 15.5 Å². The van der Waals surface area contributed by atoms with Gasteiger partial charge in [0.05, 0.1) is 0 Å². The number of nitrogens with one attached hydrogen (secondary N) is 2. The molecule has 25 heavy (non-hydrogen) atoms. The van der Waals surface area contributed by atoms with Crippen LogP contribution in [0.3, 0.4) is 0 Å². The van der Waals surface area contributed by atoms with Crippen LogP contribution in [0.4, 0.5) is 10.5 Å². The van der Waals surface area contributed by atoms with Gasteiger partial charge in [-0.25, -0.2) is 4.79 Å². The molecule has 0 bridgehead atoms.